The molecule has 0 saturated heterocycles. The van der Waals surface area contributed by atoms with Crippen molar-refractivity contribution in [3.8, 4) is 9.88 Å². The van der Waals surface area contributed by atoms with Gasteiger partial charge in [0.1, 0.15) is 5.01 Å². The number of nitrogens with one attached hydrogen (secondary N) is 1. The molecule has 3 aromatic rings. The van der Waals surface area contributed by atoms with Gasteiger partial charge in [0.25, 0.3) is 0 Å². The van der Waals surface area contributed by atoms with E-state index >= 15 is 0 Å². The van der Waals surface area contributed by atoms with Gasteiger partial charge in [-0.05, 0) is 30.1 Å². The molecule has 1 N–H and O–H groups in total. The highest BCUT2D eigenvalue weighted by molar-refractivity contribution is 7.20. The summed E-state index contributed by atoms with van der Waals surface area (Å²) in [5.74, 6) is 0.0196. The minimum absolute atomic E-state index is 0.0196. The summed E-state index contributed by atoms with van der Waals surface area (Å²) in [6, 6.07) is 14.6. The molecule has 27 heavy (non-hydrogen) atoms. The molecule has 0 aliphatic rings. The van der Waals surface area contributed by atoms with Crippen molar-refractivity contribution in [1.82, 2.24) is 15.2 Å². The fourth-order valence-corrected chi connectivity index (χ4v) is 4.77. The molecule has 0 radical (unpaired) electrons. The number of likely N-dealkylation sites (N-methyl/N-ethyl adjacent to an activating group) is 1. The van der Waals surface area contributed by atoms with Gasteiger partial charge in [0.2, 0.25) is 5.91 Å². The first-order valence-corrected chi connectivity index (χ1v) is 11.0. The molecule has 1 unspecified atom stereocenters. The topological polar surface area (TPSA) is 45.2 Å². The van der Waals surface area contributed by atoms with Crippen molar-refractivity contribution in [1.29, 1.82) is 0 Å². The highest BCUT2D eigenvalue weighted by atomic mass is 32.1. The summed E-state index contributed by atoms with van der Waals surface area (Å²) in [5.41, 5.74) is 2.06. The van der Waals surface area contributed by atoms with E-state index in [2.05, 4.69) is 59.4 Å². The van der Waals surface area contributed by atoms with Crippen LogP contribution >= 0.6 is 22.7 Å². The maximum absolute atomic E-state index is 12.5. The Balaban J connectivity index is 1.61. The molecule has 0 aliphatic carbocycles. The summed E-state index contributed by atoms with van der Waals surface area (Å²) >= 11 is 3.26. The molecule has 0 spiro atoms. The Hall–Kier alpha value is -2.02. The minimum Gasteiger partial charge on any atom is -0.354 e. The maximum Gasteiger partial charge on any atom is 0.226 e. The van der Waals surface area contributed by atoms with E-state index in [1.165, 1.54) is 5.56 Å². The SMILES string of the molecule is CCN(CC)C(CNC(=O)Cc1csc(-c2cccs2)n1)c1ccccc1. The Bertz CT molecular complexity index is 826. The quantitative estimate of drug-likeness (QED) is 0.571. The number of hydrogen-bond donors (Lipinski definition) is 1. The van der Waals surface area contributed by atoms with Gasteiger partial charge < -0.3 is 5.32 Å². The predicted molar refractivity (Wildman–Crippen MR) is 114 cm³/mol. The number of carbonyl (C=O) groups excluding carboxylic acids is 1. The molecule has 1 aromatic carbocycles. The van der Waals surface area contributed by atoms with Crippen molar-refractivity contribution >= 4 is 28.6 Å². The van der Waals surface area contributed by atoms with E-state index < -0.39 is 0 Å². The van der Waals surface area contributed by atoms with Gasteiger partial charge in [-0.15, -0.1) is 22.7 Å². The second-order valence-corrected chi connectivity index (χ2v) is 8.06. The van der Waals surface area contributed by atoms with Crippen LogP contribution in [0.5, 0.6) is 0 Å². The number of hydrogen-bond acceptors (Lipinski definition) is 5. The summed E-state index contributed by atoms with van der Waals surface area (Å²) in [5, 5.41) is 8.12. The second-order valence-electron chi connectivity index (χ2n) is 6.25. The lowest BCUT2D eigenvalue weighted by atomic mass is 10.0. The van der Waals surface area contributed by atoms with Crippen LogP contribution in [0.4, 0.5) is 0 Å². The Morgan fingerprint density at radius 2 is 1.89 bits per heavy atom. The van der Waals surface area contributed by atoms with E-state index in [1.54, 1.807) is 22.7 Å². The zero-order valence-electron chi connectivity index (χ0n) is 15.7. The zero-order valence-corrected chi connectivity index (χ0v) is 17.4. The van der Waals surface area contributed by atoms with Crippen molar-refractivity contribution in [3.05, 3.63) is 64.5 Å². The van der Waals surface area contributed by atoms with Crippen LogP contribution in [0.1, 0.15) is 31.1 Å². The van der Waals surface area contributed by atoms with Crippen LogP contribution in [0, 0.1) is 0 Å². The molecular weight excluding hydrogens is 374 g/mol. The van der Waals surface area contributed by atoms with E-state index in [9.17, 15) is 4.79 Å². The Labute approximate surface area is 168 Å². The molecule has 0 bridgehead atoms. The van der Waals surface area contributed by atoms with Gasteiger partial charge in [-0.2, -0.15) is 0 Å². The van der Waals surface area contributed by atoms with E-state index in [-0.39, 0.29) is 11.9 Å². The molecule has 4 nitrogen and oxygen atoms in total. The van der Waals surface area contributed by atoms with Crippen molar-refractivity contribution in [2.45, 2.75) is 26.3 Å². The minimum atomic E-state index is 0.0196. The van der Waals surface area contributed by atoms with Gasteiger partial charge in [0.05, 0.1) is 23.0 Å². The van der Waals surface area contributed by atoms with Crippen molar-refractivity contribution in [2.75, 3.05) is 19.6 Å². The summed E-state index contributed by atoms with van der Waals surface area (Å²) in [6.45, 7) is 6.81. The number of carbonyl (C=O) groups is 1. The molecule has 0 aliphatic heterocycles. The molecule has 0 saturated carbocycles. The van der Waals surface area contributed by atoms with E-state index in [0.717, 1.165) is 28.7 Å². The fourth-order valence-electron chi connectivity index (χ4n) is 3.14. The monoisotopic (exact) mass is 399 g/mol. The Kier molecular flexibility index (Phi) is 7.15. The lowest BCUT2D eigenvalue weighted by Gasteiger charge is -2.30. The first-order chi connectivity index (χ1) is 13.2. The first kappa shape index (κ1) is 19.7. The summed E-state index contributed by atoms with van der Waals surface area (Å²) in [4.78, 5) is 20.6. The normalized spacial score (nSPS) is 12.3. The van der Waals surface area contributed by atoms with Crippen LogP contribution in [0.15, 0.2) is 53.2 Å². The van der Waals surface area contributed by atoms with Crippen molar-refractivity contribution < 1.29 is 4.79 Å². The van der Waals surface area contributed by atoms with Crippen molar-refractivity contribution in [3.63, 3.8) is 0 Å². The van der Waals surface area contributed by atoms with Gasteiger partial charge in [-0.25, -0.2) is 4.98 Å². The van der Waals surface area contributed by atoms with Crippen LogP contribution in [-0.4, -0.2) is 35.4 Å². The molecule has 2 aromatic heterocycles. The molecule has 1 amide bonds. The van der Waals surface area contributed by atoms with E-state index in [4.69, 9.17) is 0 Å². The highest BCUT2D eigenvalue weighted by Gasteiger charge is 2.19. The number of thiazole rings is 1. The fraction of sp³-hybridized carbons (Fsp3) is 0.333. The highest BCUT2D eigenvalue weighted by Crippen LogP contribution is 2.28. The standard InChI is InChI=1S/C21H25N3OS2/c1-3-24(4-2)18(16-9-6-5-7-10-16)14-22-20(25)13-17-15-27-21(23-17)19-11-8-12-26-19/h5-12,15,18H,3-4,13-14H2,1-2H3,(H,22,25). The molecule has 0 fully saturated rings. The number of benzene rings is 1. The van der Waals surface area contributed by atoms with Gasteiger partial charge in [-0.1, -0.05) is 50.2 Å². The van der Waals surface area contributed by atoms with Crippen LogP contribution in [0.2, 0.25) is 0 Å². The molecule has 2 heterocycles. The second kappa shape index (κ2) is 9.78. The van der Waals surface area contributed by atoms with Gasteiger partial charge >= 0.3 is 0 Å². The third-order valence-corrected chi connectivity index (χ3v) is 6.49. The van der Waals surface area contributed by atoms with Crippen molar-refractivity contribution in [2.24, 2.45) is 0 Å². The molecule has 142 valence electrons. The maximum atomic E-state index is 12.5. The Morgan fingerprint density at radius 1 is 1.11 bits per heavy atom. The molecule has 6 heteroatoms. The van der Waals surface area contributed by atoms with Gasteiger partial charge in [0.15, 0.2) is 0 Å². The molecule has 1 atom stereocenters. The molecular formula is C21H25N3OS2. The van der Waals surface area contributed by atoms with Crippen LogP contribution in [0.25, 0.3) is 9.88 Å². The third-order valence-electron chi connectivity index (χ3n) is 4.56. The lowest BCUT2D eigenvalue weighted by Crippen LogP contribution is -2.38. The van der Waals surface area contributed by atoms with Crippen LogP contribution in [0.3, 0.4) is 0 Å². The average Bonchev–Trinajstić information content (AvgIpc) is 3.37. The van der Waals surface area contributed by atoms with Crippen LogP contribution < -0.4 is 5.32 Å². The smallest absolute Gasteiger partial charge is 0.226 e. The number of nitrogens with zero attached hydrogens (tertiary/aromatic N) is 2. The van der Waals surface area contributed by atoms with E-state index in [0.29, 0.717) is 13.0 Å². The van der Waals surface area contributed by atoms with Gasteiger partial charge in [0, 0.05) is 11.9 Å². The van der Waals surface area contributed by atoms with E-state index in [1.807, 2.05) is 22.9 Å². The number of amides is 1. The Morgan fingerprint density at radius 3 is 2.56 bits per heavy atom. The number of aromatic nitrogens is 1. The van der Waals surface area contributed by atoms with Gasteiger partial charge in [-0.3, -0.25) is 9.69 Å². The predicted octanol–water partition coefficient (Wildman–Crippen LogP) is 4.61. The zero-order chi connectivity index (χ0) is 19.1. The molecule has 3 rings (SSSR count). The number of rotatable bonds is 9. The average molecular weight is 400 g/mol. The van der Waals surface area contributed by atoms with Crippen LogP contribution in [-0.2, 0) is 11.2 Å². The summed E-state index contributed by atoms with van der Waals surface area (Å²) < 4.78 is 0. The summed E-state index contributed by atoms with van der Waals surface area (Å²) in [6.07, 6.45) is 0.321. The number of thiophene rings is 1. The first-order valence-electron chi connectivity index (χ1n) is 9.25. The lowest BCUT2D eigenvalue weighted by molar-refractivity contribution is -0.120. The third kappa shape index (κ3) is 5.25. The largest absolute Gasteiger partial charge is 0.354 e. The summed E-state index contributed by atoms with van der Waals surface area (Å²) in [7, 11) is 0.